The molecule has 0 aromatic heterocycles. The van der Waals surface area contributed by atoms with Gasteiger partial charge in [0.2, 0.25) is 10.0 Å². The van der Waals surface area contributed by atoms with Crippen LogP contribution in [-0.2, 0) is 16.6 Å². The average molecular weight is 269 g/mol. The predicted octanol–water partition coefficient (Wildman–Crippen LogP) is 3.03. The Balaban J connectivity index is 2.69. The topological polar surface area (TPSA) is 46.2 Å². The lowest BCUT2D eigenvalue weighted by atomic mass is 9.97. The zero-order valence-corrected chi connectivity index (χ0v) is 12.3. The minimum Gasteiger partial charge on any atom is -0.212 e. The Morgan fingerprint density at radius 3 is 2.50 bits per heavy atom. The lowest BCUT2D eigenvalue weighted by Gasteiger charge is -2.13. The van der Waals surface area contributed by atoms with Crippen LogP contribution in [0.15, 0.2) is 24.3 Å². The van der Waals surface area contributed by atoms with Crippen LogP contribution in [0.4, 0.5) is 0 Å². The lowest BCUT2D eigenvalue weighted by molar-refractivity contribution is 0.577. The molecule has 0 spiro atoms. The van der Waals surface area contributed by atoms with Crippen LogP contribution < -0.4 is 4.72 Å². The second kappa shape index (κ2) is 6.90. The van der Waals surface area contributed by atoms with Crippen LogP contribution >= 0.6 is 0 Å². The van der Waals surface area contributed by atoms with E-state index in [1.54, 1.807) is 0 Å². The van der Waals surface area contributed by atoms with E-state index in [0.717, 1.165) is 12.0 Å². The van der Waals surface area contributed by atoms with E-state index in [-0.39, 0.29) is 5.75 Å². The zero-order chi connectivity index (χ0) is 13.6. The highest BCUT2D eigenvalue weighted by Gasteiger charge is 2.11. The van der Waals surface area contributed by atoms with Crippen molar-refractivity contribution >= 4 is 10.0 Å². The van der Waals surface area contributed by atoms with Crippen molar-refractivity contribution in [3.63, 3.8) is 0 Å². The molecule has 18 heavy (non-hydrogen) atoms. The summed E-state index contributed by atoms with van der Waals surface area (Å²) in [5.41, 5.74) is 2.27. The molecule has 1 N–H and O–H groups in total. The molecule has 0 fully saturated rings. The third-order valence-corrected chi connectivity index (χ3v) is 4.34. The number of hydrogen-bond acceptors (Lipinski definition) is 2. The molecule has 1 rings (SSSR count). The van der Waals surface area contributed by atoms with Crippen LogP contribution in [0.5, 0.6) is 0 Å². The summed E-state index contributed by atoms with van der Waals surface area (Å²) in [5, 5.41) is 0. The fourth-order valence-corrected chi connectivity index (χ4v) is 3.04. The Hall–Kier alpha value is -0.870. The third kappa shape index (κ3) is 4.78. The van der Waals surface area contributed by atoms with Gasteiger partial charge in [-0.2, -0.15) is 0 Å². The van der Waals surface area contributed by atoms with Gasteiger partial charge < -0.3 is 0 Å². The third-order valence-electron chi connectivity index (χ3n) is 2.93. The molecule has 0 radical (unpaired) electrons. The fourth-order valence-electron chi connectivity index (χ4n) is 1.85. The molecule has 0 aliphatic carbocycles. The van der Waals surface area contributed by atoms with Crippen LogP contribution in [0.1, 0.15) is 50.7 Å². The molecule has 0 saturated heterocycles. The van der Waals surface area contributed by atoms with Crippen molar-refractivity contribution in [2.45, 2.75) is 46.1 Å². The largest absolute Gasteiger partial charge is 0.212 e. The van der Waals surface area contributed by atoms with Gasteiger partial charge in [0.15, 0.2) is 0 Å². The molecule has 0 bridgehead atoms. The van der Waals surface area contributed by atoms with Gasteiger partial charge in [0.1, 0.15) is 0 Å². The van der Waals surface area contributed by atoms with Gasteiger partial charge in [0.25, 0.3) is 0 Å². The Morgan fingerprint density at radius 2 is 1.89 bits per heavy atom. The van der Waals surface area contributed by atoms with Crippen molar-refractivity contribution in [1.29, 1.82) is 0 Å². The SMILES string of the molecule is CCCCS(=O)(=O)NCc1ccccc1C(C)C. The molecule has 3 nitrogen and oxygen atoms in total. The van der Waals surface area contributed by atoms with Crippen LogP contribution in [0, 0.1) is 0 Å². The highest BCUT2D eigenvalue weighted by Crippen LogP contribution is 2.19. The summed E-state index contributed by atoms with van der Waals surface area (Å²) in [6, 6.07) is 7.98. The summed E-state index contributed by atoms with van der Waals surface area (Å²) in [7, 11) is -3.13. The maximum Gasteiger partial charge on any atom is 0.211 e. The first-order valence-corrected chi connectivity index (χ1v) is 8.16. The Labute approximate surface area is 111 Å². The maximum atomic E-state index is 11.7. The molecule has 1 aromatic carbocycles. The second-order valence-electron chi connectivity index (χ2n) is 4.85. The monoisotopic (exact) mass is 269 g/mol. The van der Waals surface area contributed by atoms with Gasteiger partial charge in [-0.15, -0.1) is 0 Å². The molecular formula is C14H23NO2S. The molecule has 0 amide bonds. The normalized spacial score (nSPS) is 12.0. The van der Waals surface area contributed by atoms with E-state index in [2.05, 4.69) is 24.6 Å². The lowest BCUT2D eigenvalue weighted by Crippen LogP contribution is -2.26. The van der Waals surface area contributed by atoms with E-state index in [9.17, 15) is 8.42 Å². The van der Waals surface area contributed by atoms with Crippen molar-refractivity contribution in [2.24, 2.45) is 0 Å². The highest BCUT2D eigenvalue weighted by molar-refractivity contribution is 7.89. The quantitative estimate of drug-likeness (QED) is 0.827. The first kappa shape index (κ1) is 15.2. The second-order valence-corrected chi connectivity index (χ2v) is 6.77. The van der Waals surface area contributed by atoms with Gasteiger partial charge in [-0.3, -0.25) is 0 Å². The van der Waals surface area contributed by atoms with Gasteiger partial charge in [-0.25, -0.2) is 13.1 Å². The number of rotatable bonds is 7. The van der Waals surface area contributed by atoms with Gasteiger partial charge in [-0.05, 0) is 23.5 Å². The molecule has 0 unspecified atom stereocenters. The summed E-state index contributed by atoms with van der Waals surface area (Å²) < 4.78 is 26.1. The minimum atomic E-state index is -3.13. The minimum absolute atomic E-state index is 0.216. The van der Waals surface area contributed by atoms with Gasteiger partial charge in [0.05, 0.1) is 5.75 Å². The number of unbranched alkanes of at least 4 members (excludes halogenated alkanes) is 1. The van der Waals surface area contributed by atoms with Crippen LogP contribution in [-0.4, -0.2) is 14.2 Å². The molecule has 0 saturated carbocycles. The van der Waals surface area contributed by atoms with Crippen LogP contribution in [0.2, 0.25) is 0 Å². The van der Waals surface area contributed by atoms with Crippen LogP contribution in [0.3, 0.4) is 0 Å². The van der Waals surface area contributed by atoms with Gasteiger partial charge >= 0.3 is 0 Å². The summed E-state index contributed by atoms with van der Waals surface area (Å²) in [4.78, 5) is 0. The van der Waals surface area contributed by atoms with E-state index in [1.807, 2.05) is 25.1 Å². The van der Waals surface area contributed by atoms with Crippen molar-refractivity contribution in [2.75, 3.05) is 5.75 Å². The summed E-state index contributed by atoms with van der Waals surface area (Å²) in [6.07, 6.45) is 1.60. The number of sulfonamides is 1. The Kier molecular flexibility index (Phi) is 5.82. The zero-order valence-electron chi connectivity index (χ0n) is 11.4. The van der Waals surface area contributed by atoms with E-state index >= 15 is 0 Å². The first-order chi connectivity index (χ1) is 8.46. The molecular weight excluding hydrogens is 246 g/mol. The van der Waals surface area contributed by atoms with Crippen LogP contribution in [0.25, 0.3) is 0 Å². The summed E-state index contributed by atoms with van der Waals surface area (Å²) in [5.74, 6) is 0.620. The number of hydrogen-bond donors (Lipinski definition) is 1. The Morgan fingerprint density at radius 1 is 1.22 bits per heavy atom. The van der Waals surface area contributed by atoms with Crippen molar-refractivity contribution in [3.8, 4) is 0 Å². The summed E-state index contributed by atoms with van der Waals surface area (Å²) in [6.45, 7) is 6.61. The molecule has 0 heterocycles. The molecule has 102 valence electrons. The molecule has 0 aliphatic heterocycles. The van der Waals surface area contributed by atoms with Gasteiger partial charge in [-0.1, -0.05) is 51.5 Å². The average Bonchev–Trinajstić information content (AvgIpc) is 2.34. The molecule has 4 heteroatoms. The fraction of sp³-hybridized carbons (Fsp3) is 0.571. The van der Waals surface area contributed by atoms with Crippen molar-refractivity contribution < 1.29 is 8.42 Å². The maximum absolute atomic E-state index is 11.7. The standard InChI is InChI=1S/C14H23NO2S/c1-4-5-10-18(16,17)15-11-13-8-6-7-9-14(13)12(2)3/h6-9,12,15H,4-5,10-11H2,1-3H3. The molecule has 1 aromatic rings. The smallest absolute Gasteiger partial charge is 0.211 e. The number of nitrogens with one attached hydrogen (secondary N) is 1. The first-order valence-electron chi connectivity index (χ1n) is 6.51. The van der Waals surface area contributed by atoms with E-state index in [4.69, 9.17) is 0 Å². The molecule has 0 atom stereocenters. The van der Waals surface area contributed by atoms with E-state index in [0.29, 0.717) is 18.9 Å². The molecule has 0 aliphatic rings. The van der Waals surface area contributed by atoms with E-state index in [1.165, 1.54) is 5.56 Å². The summed E-state index contributed by atoms with van der Waals surface area (Å²) >= 11 is 0. The Bertz CT molecular complexity index is 466. The van der Waals surface area contributed by atoms with Gasteiger partial charge in [0, 0.05) is 6.54 Å². The number of benzene rings is 1. The predicted molar refractivity (Wildman–Crippen MR) is 76.1 cm³/mol. The van der Waals surface area contributed by atoms with Crippen molar-refractivity contribution in [3.05, 3.63) is 35.4 Å². The van der Waals surface area contributed by atoms with Crippen molar-refractivity contribution in [1.82, 2.24) is 4.72 Å². The van der Waals surface area contributed by atoms with E-state index < -0.39 is 10.0 Å². The highest BCUT2D eigenvalue weighted by atomic mass is 32.2.